The predicted octanol–water partition coefficient (Wildman–Crippen LogP) is 0.957. The molecule has 0 atom stereocenters. The molecule has 1 heterocycles. The summed E-state index contributed by atoms with van der Waals surface area (Å²) in [6.07, 6.45) is 0. The topological polar surface area (TPSA) is 139 Å². The zero-order chi connectivity index (χ0) is 17.0. The van der Waals surface area contributed by atoms with E-state index in [0.29, 0.717) is 18.1 Å². The van der Waals surface area contributed by atoms with Gasteiger partial charge >= 0.3 is 0 Å². The van der Waals surface area contributed by atoms with Crippen molar-refractivity contribution >= 4 is 17.6 Å². The molecular weight excluding hydrogens is 290 g/mol. The van der Waals surface area contributed by atoms with E-state index in [1.165, 1.54) is 0 Å². The van der Waals surface area contributed by atoms with E-state index in [1.807, 2.05) is 31.2 Å². The minimum absolute atomic E-state index is 0.0913. The maximum atomic E-state index is 7.58. The van der Waals surface area contributed by atoms with Crippen LogP contribution in [0.2, 0.25) is 0 Å². The van der Waals surface area contributed by atoms with E-state index in [9.17, 15) is 0 Å². The lowest BCUT2D eigenvalue weighted by atomic mass is 10.0. The summed E-state index contributed by atoms with van der Waals surface area (Å²) in [5.74, 6) is 0.582. The van der Waals surface area contributed by atoms with Crippen molar-refractivity contribution in [1.29, 1.82) is 5.41 Å². The molecule has 2 aromatic rings. The number of nitrogens with zero attached hydrogens (tertiary/aromatic N) is 2. The van der Waals surface area contributed by atoms with Crippen LogP contribution in [0.4, 0.5) is 5.82 Å². The summed E-state index contributed by atoms with van der Waals surface area (Å²) < 4.78 is 0. The fraction of sp³-hybridized carbons (Fsp3) is 0.188. The van der Waals surface area contributed by atoms with Crippen LogP contribution in [0.25, 0.3) is 11.1 Å². The third-order valence-electron chi connectivity index (χ3n) is 3.51. The maximum Gasteiger partial charge on any atom is 0.188 e. The van der Waals surface area contributed by atoms with Crippen LogP contribution in [-0.4, -0.2) is 23.8 Å². The second-order valence-electron chi connectivity index (χ2n) is 5.13. The number of aliphatic imine (C=N–C) groups is 1. The van der Waals surface area contributed by atoms with E-state index in [2.05, 4.69) is 15.3 Å². The summed E-state index contributed by atoms with van der Waals surface area (Å²) in [7, 11) is 1.63. The van der Waals surface area contributed by atoms with Crippen molar-refractivity contribution in [3.63, 3.8) is 0 Å². The Morgan fingerprint density at radius 1 is 1.26 bits per heavy atom. The number of nitrogen functional groups attached to an aromatic ring is 2. The number of hydrogen-bond donors (Lipinski definition) is 5. The minimum atomic E-state index is -0.0913. The molecule has 0 bridgehead atoms. The fourth-order valence-corrected chi connectivity index (χ4v) is 2.21. The quantitative estimate of drug-likeness (QED) is 0.422. The van der Waals surface area contributed by atoms with Gasteiger partial charge in [0, 0.05) is 24.8 Å². The number of pyridine rings is 1. The number of aryl methyl sites for hydroxylation is 1. The van der Waals surface area contributed by atoms with E-state index in [4.69, 9.17) is 22.6 Å². The van der Waals surface area contributed by atoms with Gasteiger partial charge in [-0.25, -0.2) is 4.98 Å². The number of hydrogen-bond acceptors (Lipinski definition) is 4. The molecule has 0 radical (unpaired) electrons. The van der Waals surface area contributed by atoms with E-state index in [-0.39, 0.29) is 11.7 Å². The molecule has 0 fully saturated rings. The molecule has 120 valence electrons. The largest absolute Gasteiger partial charge is 0.384 e. The zero-order valence-corrected chi connectivity index (χ0v) is 13.2. The number of amidine groups is 1. The van der Waals surface area contributed by atoms with Crippen molar-refractivity contribution in [3.05, 3.63) is 47.2 Å². The first-order valence-electron chi connectivity index (χ1n) is 7.09. The highest BCUT2D eigenvalue weighted by Crippen LogP contribution is 2.26. The number of nitrogens with two attached hydrogens (primary N) is 3. The monoisotopic (exact) mass is 311 g/mol. The molecule has 0 aliphatic rings. The van der Waals surface area contributed by atoms with Crippen molar-refractivity contribution in [1.82, 2.24) is 10.3 Å². The molecule has 2 rings (SSSR count). The van der Waals surface area contributed by atoms with E-state index in [1.54, 1.807) is 13.1 Å². The fourth-order valence-electron chi connectivity index (χ4n) is 2.21. The Bertz CT molecular complexity index is 748. The summed E-state index contributed by atoms with van der Waals surface area (Å²) in [5.41, 5.74) is 21.2. The van der Waals surface area contributed by atoms with Gasteiger partial charge in [-0.1, -0.05) is 24.3 Å². The van der Waals surface area contributed by atoms with Gasteiger partial charge in [-0.3, -0.25) is 10.4 Å². The van der Waals surface area contributed by atoms with Gasteiger partial charge in [-0.05, 0) is 24.1 Å². The third-order valence-corrected chi connectivity index (χ3v) is 3.51. The van der Waals surface area contributed by atoms with E-state index in [0.717, 1.165) is 22.4 Å². The number of rotatable bonds is 4. The molecule has 0 spiro atoms. The standard InChI is InChI=1S/C16H21N7/c1-9-12(7-13(14(17)18)15(19)23-9)11-5-3-10(4-6-11)8-22-16(20)21-2/h3-7H,8H2,1-2H3,(H3,17,18)(H2,19,23)(H3,20,21,22). The molecule has 8 N–H and O–H groups in total. The molecule has 1 aromatic heterocycles. The van der Waals surface area contributed by atoms with E-state index >= 15 is 0 Å². The van der Waals surface area contributed by atoms with Crippen LogP contribution in [0, 0.1) is 12.3 Å². The lowest BCUT2D eigenvalue weighted by Crippen LogP contribution is -2.30. The van der Waals surface area contributed by atoms with Gasteiger partial charge in [0.15, 0.2) is 5.96 Å². The van der Waals surface area contributed by atoms with Crippen molar-refractivity contribution in [2.45, 2.75) is 13.5 Å². The highest BCUT2D eigenvalue weighted by molar-refractivity contribution is 6.00. The summed E-state index contributed by atoms with van der Waals surface area (Å²) in [4.78, 5) is 8.12. The van der Waals surface area contributed by atoms with Gasteiger partial charge in [0.2, 0.25) is 0 Å². The van der Waals surface area contributed by atoms with Gasteiger partial charge in [-0.2, -0.15) is 0 Å². The molecular formula is C16H21N7. The molecule has 7 nitrogen and oxygen atoms in total. The Kier molecular flexibility index (Phi) is 4.80. The summed E-state index contributed by atoms with van der Waals surface area (Å²) >= 11 is 0. The molecule has 0 amide bonds. The zero-order valence-electron chi connectivity index (χ0n) is 13.2. The molecule has 0 aliphatic heterocycles. The predicted molar refractivity (Wildman–Crippen MR) is 94.2 cm³/mol. The maximum absolute atomic E-state index is 7.58. The summed E-state index contributed by atoms with van der Waals surface area (Å²) in [6.45, 7) is 2.48. The van der Waals surface area contributed by atoms with E-state index < -0.39 is 0 Å². The van der Waals surface area contributed by atoms with Crippen molar-refractivity contribution in [3.8, 4) is 11.1 Å². The van der Waals surface area contributed by atoms with Gasteiger partial charge < -0.3 is 22.5 Å². The first kappa shape index (κ1) is 16.3. The number of aromatic nitrogens is 1. The molecule has 1 aromatic carbocycles. The molecule has 23 heavy (non-hydrogen) atoms. The molecule has 0 unspecified atom stereocenters. The average Bonchev–Trinajstić information content (AvgIpc) is 2.53. The number of nitrogens with one attached hydrogen (secondary N) is 2. The van der Waals surface area contributed by atoms with Gasteiger partial charge in [0.1, 0.15) is 11.7 Å². The number of anilines is 1. The van der Waals surface area contributed by atoms with Crippen molar-refractivity contribution < 1.29 is 0 Å². The second kappa shape index (κ2) is 6.78. The Morgan fingerprint density at radius 3 is 2.48 bits per heavy atom. The van der Waals surface area contributed by atoms with Crippen LogP contribution in [0.3, 0.4) is 0 Å². The average molecular weight is 311 g/mol. The Labute approximate surface area is 135 Å². The Hall–Kier alpha value is -3.09. The minimum Gasteiger partial charge on any atom is -0.384 e. The van der Waals surface area contributed by atoms with Crippen LogP contribution >= 0.6 is 0 Å². The summed E-state index contributed by atoms with van der Waals surface area (Å²) in [5, 5.41) is 10.6. The molecule has 0 aliphatic carbocycles. The molecule has 0 saturated heterocycles. The normalized spacial score (nSPS) is 11.3. The highest BCUT2D eigenvalue weighted by Gasteiger charge is 2.10. The number of guanidine groups is 1. The van der Waals surface area contributed by atoms with Crippen LogP contribution in [-0.2, 0) is 6.54 Å². The van der Waals surface area contributed by atoms with Crippen molar-refractivity contribution in [2.75, 3.05) is 12.8 Å². The first-order valence-corrected chi connectivity index (χ1v) is 7.09. The lowest BCUT2D eigenvalue weighted by molar-refractivity contribution is 0.901. The van der Waals surface area contributed by atoms with Crippen LogP contribution in [0.15, 0.2) is 35.3 Å². The number of benzene rings is 1. The van der Waals surface area contributed by atoms with Crippen LogP contribution in [0.5, 0.6) is 0 Å². The summed E-state index contributed by atoms with van der Waals surface area (Å²) in [6, 6.07) is 9.76. The lowest BCUT2D eigenvalue weighted by Gasteiger charge is -2.11. The molecule has 0 saturated carbocycles. The first-order chi connectivity index (χ1) is 10.9. The van der Waals surface area contributed by atoms with Gasteiger partial charge in [0.25, 0.3) is 0 Å². The third kappa shape index (κ3) is 3.76. The van der Waals surface area contributed by atoms with Crippen LogP contribution < -0.4 is 22.5 Å². The smallest absolute Gasteiger partial charge is 0.188 e. The highest BCUT2D eigenvalue weighted by atomic mass is 15.1. The van der Waals surface area contributed by atoms with Crippen LogP contribution in [0.1, 0.15) is 16.8 Å². The SMILES string of the molecule is CN=C(N)NCc1ccc(-c2cc(C(=N)N)c(N)nc2C)cc1. The second-order valence-corrected chi connectivity index (χ2v) is 5.13. The molecule has 7 heteroatoms. The van der Waals surface area contributed by atoms with Gasteiger partial charge in [0.05, 0.1) is 5.56 Å². The Balaban J connectivity index is 2.29. The van der Waals surface area contributed by atoms with Gasteiger partial charge in [-0.15, -0.1) is 0 Å². The van der Waals surface area contributed by atoms with Crippen molar-refractivity contribution in [2.24, 2.45) is 16.5 Å². The Morgan fingerprint density at radius 2 is 1.91 bits per heavy atom.